The maximum atomic E-state index is 12.9. The van der Waals surface area contributed by atoms with Gasteiger partial charge in [-0.05, 0) is 31.7 Å². The third kappa shape index (κ3) is 3.56. The van der Waals surface area contributed by atoms with Crippen LogP contribution in [0.3, 0.4) is 0 Å². The van der Waals surface area contributed by atoms with E-state index in [2.05, 4.69) is 24.3 Å². The zero-order valence-corrected chi connectivity index (χ0v) is 15.1. The van der Waals surface area contributed by atoms with E-state index in [0.29, 0.717) is 32.5 Å². The zero-order chi connectivity index (χ0) is 17.9. The average Bonchev–Trinajstić information content (AvgIpc) is 2.68. The molecule has 1 aromatic rings. The summed E-state index contributed by atoms with van der Waals surface area (Å²) in [5.41, 5.74) is 7.40. The molecule has 0 saturated carbocycles. The minimum atomic E-state index is -0.0419. The Bertz CT molecular complexity index is 609. The number of hydrogen-bond donors (Lipinski definition) is 1. The van der Waals surface area contributed by atoms with E-state index in [-0.39, 0.29) is 23.1 Å². The largest absolute Gasteiger partial charge is 0.342 e. The summed E-state index contributed by atoms with van der Waals surface area (Å²) in [4.78, 5) is 28.6. The molecule has 1 aromatic carbocycles. The lowest BCUT2D eigenvalue weighted by Crippen LogP contribution is -2.52. The Morgan fingerprint density at radius 1 is 1.24 bits per heavy atom. The molecule has 3 rings (SSSR count). The van der Waals surface area contributed by atoms with E-state index in [9.17, 15) is 9.59 Å². The van der Waals surface area contributed by atoms with Gasteiger partial charge in [-0.25, -0.2) is 0 Å². The van der Waals surface area contributed by atoms with Gasteiger partial charge >= 0.3 is 0 Å². The van der Waals surface area contributed by atoms with Gasteiger partial charge in [0, 0.05) is 44.6 Å². The highest BCUT2D eigenvalue weighted by Crippen LogP contribution is 2.35. The second-order valence-corrected chi connectivity index (χ2v) is 7.34. The zero-order valence-electron chi connectivity index (χ0n) is 15.1. The summed E-state index contributed by atoms with van der Waals surface area (Å²) < 4.78 is 0. The van der Waals surface area contributed by atoms with Crippen molar-refractivity contribution in [3.8, 4) is 0 Å². The smallest absolute Gasteiger partial charge is 0.227 e. The van der Waals surface area contributed by atoms with Gasteiger partial charge in [0.25, 0.3) is 0 Å². The minimum absolute atomic E-state index is 0.0178. The monoisotopic (exact) mass is 343 g/mol. The Labute approximate surface area is 150 Å². The van der Waals surface area contributed by atoms with Crippen LogP contribution < -0.4 is 5.73 Å². The summed E-state index contributed by atoms with van der Waals surface area (Å²) in [6, 6.07) is 10.4. The van der Waals surface area contributed by atoms with E-state index in [1.54, 1.807) is 0 Å². The van der Waals surface area contributed by atoms with E-state index >= 15 is 0 Å². The molecule has 0 spiro atoms. The summed E-state index contributed by atoms with van der Waals surface area (Å²) in [6.07, 6.45) is 2.99. The Hall–Kier alpha value is -1.88. The predicted octanol–water partition coefficient (Wildman–Crippen LogP) is 1.76. The number of piperidine rings is 2. The first-order valence-electron chi connectivity index (χ1n) is 9.42. The second kappa shape index (κ2) is 7.56. The number of likely N-dealkylation sites (tertiary alicyclic amines) is 2. The van der Waals surface area contributed by atoms with Crippen LogP contribution in [0.25, 0.3) is 0 Å². The molecule has 1 atom stereocenters. The molecule has 25 heavy (non-hydrogen) atoms. The van der Waals surface area contributed by atoms with Crippen LogP contribution in [0.5, 0.6) is 0 Å². The van der Waals surface area contributed by atoms with Crippen LogP contribution in [0.15, 0.2) is 30.3 Å². The van der Waals surface area contributed by atoms with Crippen molar-refractivity contribution in [1.82, 2.24) is 9.80 Å². The van der Waals surface area contributed by atoms with Gasteiger partial charge in [0.2, 0.25) is 11.8 Å². The van der Waals surface area contributed by atoms with Gasteiger partial charge < -0.3 is 15.5 Å². The topological polar surface area (TPSA) is 66.6 Å². The van der Waals surface area contributed by atoms with E-state index < -0.39 is 0 Å². The van der Waals surface area contributed by atoms with Crippen molar-refractivity contribution in [3.05, 3.63) is 35.9 Å². The molecule has 5 heteroatoms. The predicted molar refractivity (Wildman–Crippen MR) is 98.0 cm³/mol. The molecule has 0 radical (unpaired) electrons. The Kier molecular flexibility index (Phi) is 5.42. The molecule has 136 valence electrons. The molecule has 2 heterocycles. The molecule has 2 aliphatic heterocycles. The molecule has 2 saturated heterocycles. The molecule has 0 aromatic heterocycles. The molecule has 2 aliphatic rings. The first kappa shape index (κ1) is 17.9. The fourth-order valence-electron chi connectivity index (χ4n) is 4.24. The molecule has 2 amide bonds. The summed E-state index contributed by atoms with van der Waals surface area (Å²) in [5, 5.41) is 0. The fraction of sp³-hybridized carbons (Fsp3) is 0.600. The van der Waals surface area contributed by atoms with Crippen LogP contribution in [0.1, 0.15) is 38.2 Å². The summed E-state index contributed by atoms with van der Waals surface area (Å²) in [7, 11) is 0. The molecule has 2 N–H and O–H groups in total. The van der Waals surface area contributed by atoms with Gasteiger partial charge in [0.05, 0.1) is 5.92 Å². The second-order valence-electron chi connectivity index (χ2n) is 7.34. The number of carbonyl (C=O) groups is 2. The molecule has 0 bridgehead atoms. The van der Waals surface area contributed by atoms with E-state index in [4.69, 9.17) is 5.73 Å². The minimum Gasteiger partial charge on any atom is -0.342 e. The molecule has 1 unspecified atom stereocenters. The highest BCUT2D eigenvalue weighted by atomic mass is 16.2. The van der Waals surface area contributed by atoms with Crippen LogP contribution in [-0.4, -0.2) is 54.3 Å². The van der Waals surface area contributed by atoms with Crippen molar-refractivity contribution in [3.63, 3.8) is 0 Å². The first-order valence-corrected chi connectivity index (χ1v) is 9.42. The van der Waals surface area contributed by atoms with Gasteiger partial charge in [0.15, 0.2) is 0 Å². The number of hydrogen-bond acceptors (Lipinski definition) is 3. The van der Waals surface area contributed by atoms with Crippen molar-refractivity contribution in [2.75, 3.05) is 32.7 Å². The quantitative estimate of drug-likeness (QED) is 0.906. The van der Waals surface area contributed by atoms with Gasteiger partial charge in [0.1, 0.15) is 0 Å². The summed E-state index contributed by atoms with van der Waals surface area (Å²) in [6.45, 7) is 5.35. The Morgan fingerprint density at radius 3 is 2.52 bits per heavy atom. The van der Waals surface area contributed by atoms with Crippen molar-refractivity contribution >= 4 is 11.8 Å². The summed E-state index contributed by atoms with van der Waals surface area (Å²) >= 11 is 0. The molecular weight excluding hydrogens is 314 g/mol. The molecule has 5 nitrogen and oxygen atoms in total. The number of benzene rings is 1. The third-order valence-electron chi connectivity index (χ3n) is 6.04. The maximum Gasteiger partial charge on any atom is 0.227 e. The number of rotatable bonds is 4. The van der Waals surface area contributed by atoms with Crippen molar-refractivity contribution in [1.29, 1.82) is 0 Å². The van der Waals surface area contributed by atoms with E-state index in [1.165, 1.54) is 5.56 Å². The van der Waals surface area contributed by atoms with Gasteiger partial charge in [-0.3, -0.25) is 9.59 Å². The fourth-order valence-corrected chi connectivity index (χ4v) is 4.24. The lowest BCUT2D eigenvalue weighted by Gasteiger charge is -2.43. The lowest BCUT2D eigenvalue weighted by molar-refractivity contribution is -0.143. The van der Waals surface area contributed by atoms with E-state index in [0.717, 1.165) is 25.9 Å². The summed E-state index contributed by atoms with van der Waals surface area (Å²) in [5.74, 6) is 0.348. The number of nitrogens with zero attached hydrogens (tertiary/aromatic N) is 2. The number of nitrogens with two attached hydrogens (primary N) is 1. The maximum absolute atomic E-state index is 12.9. The van der Waals surface area contributed by atoms with Crippen LogP contribution in [-0.2, 0) is 15.0 Å². The van der Waals surface area contributed by atoms with Gasteiger partial charge in [-0.1, -0.05) is 30.3 Å². The number of amides is 2. The SMILES string of the molecule is CCN1CC(C(=O)N2CCC(CN)(c3ccccc3)CC2)CCC1=O. The standard InChI is InChI=1S/C20H29N3O2/c1-2-22-14-16(8-9-18(22)24)19(25)23-12-10-20(15-21,11-13-23)17-6-4-3-5-7-17/h3-7,16H,2,8-15,21H2,1H3. The Balaban J connectivity index is 1.63. The highest BCUT2D eigenvalue weighted by molar-refractivity contribution is 5.84. The van der Waals surface area contributed by atoms with Crippen LogP contribution in [0, 0.1) is 5.92 Å². The first-order chi connectivity index (χ1) is 12.1. The molecule has 0 aliphatic carbocycles. The van der Waals surface area contributed by atoms with Crippen molar-refractivity contribution < 1.29 is 9.59 Å². The van der Waals surface area contributed by atoms with Crippen molar-refractivity contribution in [2.45, 2.75) is 38.0 Å². The third-order valence-corrected chi connectivity index (χ3v) is 6.04. The number of carbonyl (C=O) groups excluding carboxylic acids is 2. The molecular formula is C20H29N3O2. The normalized spacial score (nSPS) is 23.6. The Morgan fingerprint density at radius 2 is 1.92 bits per heavy atom. The van der Waals surface area contributed by atoms with Gasteiger partial charge in [-0.15, -0.1) is 0 Å². The van der Waals surface area contributed by atoms with E-state index in [1.807, 2.05) is 22.8 Å². The highest BCUT2D eigenvalue weighted by Gasteiger charge is 2.39. The van der Waals surface area contributed by atoms with Gasteiger partial charge in [-0.2, -0.15) is 0 Å². The van der Waals surface area contributed by atoms with Crippen LogP contribution in [0.4, 0.5) is 0 Å². The van der Waals surface area contributed by atoms with Crippen molar-refractivity contribution in [2.24, 2.45) is 11.7 Å². The lowest BCUT2D eigenvalue weighted by atomic mass is 9.72. The molecule has 2 fully saturated rings. The van der Waals surface area contributed by atoms with Crippen LogP contribution >= 0.6 is 0 Å². The van der Waals surface area contributed by atoms with Crippen LogP contribution in [0.2, 0.25) is 0 Å². The average molecular weight is 343 g/mol.